The van der Waals surface area contributed by atoms with Crippen LogP contribution in [0.1, 0.15) is 6.42 Å². The summed E-state index contributed by atoms with van der Waals surface area (Å²) < 4.78 is 10.3. The number of aromatic nitrogens is 1. The summed E-state index contributed by atoms with van der Waals surface area (Å²) in [6, 6.07) is 7.11. The summed E-state index contributed by atoms with van der Waals surface area (Å²) in [7, 11) is 0. The van der Waals surface area contributed by atoms with Gasteiger partial charge in [-0.3, -0.25) is 9.59 Å². The normalized spacial score (nSPS) is 20.6. The molecule has 0 saturated carbocycles. The number of fused-ring (bicyclic) bond motifs is 1. The van der Waals surface area contributed by atoms with Crippen LogP contribution in [0.3, 0.4) is 0 Å². The van der Waals surface area contributed by atoms with E-state index in [9.17, 15) is 14.4 Å². The van der Waals surface area contributed by atoms with Crippen LogP contribution in [0.15, 0.2) is 33.9 Å². The second kappa shape index (κ2) is 6.40. The van der Waals surface area contributed by atoms with Gasteiger partial charge >= 0.3 is 6.09 Å². The number of para-hydroxylation sites is 2. The Morgan fingerprint density at radius 2 is 2.16 bits per heavy atom. The molecule has 2 aliphatic heterocycles. The third-order valence-corrected chi connectivity index (χ3v) is 5.07. The number of oxazole rings is 1. The molecule has 3 heterocycles. The quantitative estimate of drug-likeness (QED) is 0.762. The lowest BCUT2D eigenvalue weighted by Crippen LogP contribution is -2.42. The second-order valence-electron chi connectivity index (χ2n) is 5.84. The molecule has 1 aromatic carbocycles. The van der Waals surface area contributed by atoms with E-state index in [2.05, 4.69) is 4.98 Å². The topological polar surface area (TPSA) is 93.0 Å². The van der Waals surface area contributed by atoms with Gasteiger partial charge in [0.2, 0.25) is 5.91 Å². The van der Waals surface area contributed by atoms with Crippen molar-refractivity contribution >= 4 is 40.8 Å². The van der Waals surface area contributed by atoms with Crippen LogP contribution < -0.4 is 0 Å². The summed E-state index contributed by atoms with van der Waals surface area (Å²) in [6.07, 6.45) is -0.0507. The van der Waals surface area contributed by atoms with Crippen molar-refractivity contribution in [1.82, 2.24) is 14.8 Å². The van der Waals surface area contributed by atoms with Gasteiger partial charge in [-0.25, -0.2) is 14.7 Å². The standard InChI is InChI=1S/C16H15N3O5S/c20-13-8-23-16(22)19(13)10-5-6-18(7-10)14(21)9-25-15-17-11-3-1-2-4-12(11)24-15/h1-4,10H,5-9H2. The number of benzene rings is 1. The molecular formula is C16H15N3O5S. The first-order valence-corrected chi connectivity index (χ1v) is 8.85. The molecule has 25 heavy (non-hydrogen) atoms. The molecule has 0 spiro atoms. The van der Waals surface area contributed by atoms with Crippen LogP contribution in [-0.2, 0) is 14.3 Å². The number of hydrogen-bond donors (Lipinski definition) is 0. The first-order valence-electron chi connectivity index (χ1n) is 7.87. The molecule has 1 atom stereocenters. The molecule has 0 radical (unpaired) electrons. The van der Waals surface area contributed by atoms with E-state index in [1.54, 1.807) is 4.90 Å². The molecule has 0 N–H and O–H groups in total. The van der Waals surface area contributed by atoms with E-state index in [0.29, 0.717) is 30.3 Å². The fraction of sp³-hybridized carbons (Fsp3) is 0.375. The van der Waals surface area contributed by atoms with E-state index in [-0.39, 0.29) is 30.2 Å². The van der Waals surface area contributed by atoms with Crippen LogP contribution in [0.25, 0.3) is 11.1 Å². The Labute approximate surface area is 147 Å². The first-order chi connectivity index (χ1) is 12.1. The zero-order chi connectivity index (χ0) is 17.4. The molecule has 1 unspecified atom stereocenters. The fourth-order valence-corrected chi connectivity index (χ4v) is 3.76. The summed E-state index contributed by atoms with van der Waals surface area (Å²) in [6.45, 7) is 0.638. The van der Waals surface area contributed by atoms with Crippen LogP contribution in [0.2, 0.25) is 0 Å². The van der Waals surface area contributed by atoms with Gasteiger partial charge in [-0.2, -0.15) is 0 Å². The van der Waals surface area contributed by atoms with Crippen molar-refractivity contribution in [2.24, 2.45) is 0 Å². The van der Waals surface area contributed by atoms with E-state index < -0.39 is 6.09 Å². The highest BCUT2D eigenvalue weighted by atomic mass is 32.2. The minimum absolute atomic E-state index is 0.0743. The van der Waals surface area contributed by atoms with Crippen molar-refractivity contribution in [3.8, 4) is 0 Å². The molecule has 130 valence electrons. The number of imide groups is 1. The Bertz CT molecular complexity index is 802. The minimum Gasteiger partial charge on any atom is -0.439 e. The van der Waals surface area contributed by atoms with E-state index >= 15 is 0 Å². The highest BCUT2D eigenvalue weighted by molar-refractivity contribution is 7.99. The van der Waals surface area contributed by atoms with Gasteiger partial charge in [-0.15, -0.1) is 0 Å². The first kappa shape index (κ1) is 15.9. The van der Waals surface area contributed by atoms with Crippen LogP contribution in [0.5, 0.6) is 0 Å². The third kappa shape index (κ3) is 3.07. The zero-order valence-corrected chi connectivity index (χ0v) is 14.0. The van der Waals surface area contributed by atoms with Crippen LogP contribution in [0.4, 0.5) is 4.79 Å². The summed E-state index contributed by atoms with van der Waals surface area (Å²) in [5, 5.41) is 0.448. The lowest BCUT2D eigenvalue weighted by Gasteiger charge is -2.20. The fourth-order valence-electron chi connectivity index (χ4n) is 3.02. The van der Waals surface area contributed by atoms with Crippen molar-refractivity contribution in [2.75, 3.05) is 25.4 Å². The van der Waals surface area contributed by atoms with Gasteiger partial charge in [-0.05, 0) is 18.6 Å². The van der Waals surface area contributed by atoms with Crippen molar-refractivity contribution in [3.63, 3.8) is 0 Å². The average molecular weight is 361 g/mol. The van der Waals surface area contributed by atoms with E-state index in [1.807, 2.05) is 24.3 Å². The molecule has 0 aliphatic carbocycles. The Kier molecular flexibility index (Phi) is 4.08. The van der Waals surface area contributed by atoms with Gasteiger partial charge in [0, 0.05) is 13.1 Å². The molecule has 0 bridgehead atoms. The molecular weight excluding hydrogens is 346 g/mol. The summed E-state index contributed by atoms with van der Waals surface area (Å²) in [5.41, 5.74) is 1.44. The molecule has 3 amide bonds. The smallest absolute Gasteiger partial charge is 0.417 e. The van der Waals surface area contributed by atoms with Gasteiger partial charge < -0.3 is 14.1 Å². The molecule has 2 fully saturated rings. The van der Waals surface area contributed by atoms with E-state index in [1.165, 1.54) is 11.8 Å². The largest absolute Gasteiger partial charge is 0.439 e. The van der Waals surface area contributed by atoms with Crippen LogP contribution in [-0.4, -0.2) is 64.2 Å². The number of carbonyl (C=O) groups excluding carboxylic acids is 3. The highest BCUT2D eigenvalue weighted by Crippen LogP contribution is 2.25. The molecule has 4 rings (SSSR count). The van der Waals surface area contributed by atoms with E-state index in [0.717, 1.165) is 10.4 Å². The Morgan fingerprint density at radius 1 is 1.32 bits per heavy atom. The van der Waals surface area contributed by atoms with Gasteiger partial charge in [0.05, 0.1) is 11.8 Å². The number of hydrogen-bond acceptors (Lipinski definition) is 7. The van der Waals surface area contributed by atoms with Crippen LogP contribution >= 0.6 is 11.8 Å². The van der Waals surface area contributed by atoms with E-state index in [4.69, 9.17) is 9.15 Å². The summed E-state index contributed by atoms with van der Waals surface area (Å²) >= 11 is 1.23. The zero-order valence-electron chi connectivity index (χ0n) is 13.2. The predicted molar refractivity (Wildman–Crippen MR) is 87.9 cm³/mol. The molecule has 1 aromatic heterocycles. The number of ether oxygens (including phenoxy) is 1. The van der Waals surface area contributed by atoms with Crippen molar-refractivity contribution in [3.05, 3.63) is 24.3 Å². The molecule has 2 saturated heterocycles. The van der Waals surface area contributed by atoms with Gasteiger partial charge in [-0.1, -0.05) is 23.9 Å². The number of nitrogens with zero attached hydrogens (tertiary/aromatic N) is 3. The second-order valence-corrected chi connectivity index (χ2v) is 6.76. The SMILES string of the molecule is O=C(CSc1nc2ccccc2o1)N1CCC(N2C(=O)COC2=O)C1. The third-order valence-electron chi connectivity index (χ3n) is 4.26. The van der Waals surface area contributed by atoms with Crippen molar-refractivity contribution in [2.45, 2.75) is 17.7 Å². The number of amides is 3. The molecule has 9 heteroatoms. The maximum Gasteiger partial charge on any atom is 0.417 e. The van der Waals surface area contributed by atoms with Crippen molar-refractivity contribution in [1.29, 1.82) is 0 Å². The van der Waals surface area contributed by atoms with Gasteiger partial charge in [0.25, 0.3) is 11.1 Å². The number of cyclic esters (lactones) is 1. The van der Waals surface area contributed by atoms with Gasteiger partial charge in [0.1, 0.15) is 5.52 Å². The number of rotatable bonds is 4. The Balaban J connectivity index is 1.34. The van der Waals surface area contributed by atoms with Gasteiger partial charge in [0.15, 0.2) is 12.2 Å². The monoisotopic (exact) mass is 361 g/mol. The lowest BCUT2D eigenvalue weighted by molar-refractivity contribution is -0.129. The lowest BCUT2D eigenvalue weighted by atomic mass is 10.2. The maximum atomic E-state index is 12.4. The Morgan fingerprint density at radius 3 is 2.92 bits per heavy atom. The summed E-state index contributed by atoms with van der Waals surface area (Å²) in [4.78, 5) is 42.8. The molecule has 8 nitrogen and oxygen atoms in total. The molecule has 2 aromatic rings. The molecule has 2 aliphatic rings. The predicted octanol–water partition coefficient (Wildman–Crippen LogP) is 1.50. The number of thioether (sulfide) groups is 1. The average Bonchev–Trinajstić information content (AvgIpc) is 3.31. The maximum absolute atomic E-state index is 12.4. The number of carbonyl (C=O) groups is 3. The number of likely N-dealkylation sites (tertiary alicyclic amines) is 1. The highest BCUT2D eigenvalue weighted by Gasteiger charge is 2.41. The minimum atomic E-state index is -0.620. The van der Waals surface area contributed by atoms with Crippen LogP contribution in [0, 0.1) is 0 Å². The van der Waals surface area contributed by atoms with Crippen molar-refractivity contribution < 1.29 is 23.5 Å². The summed E-state index contributed by atoms with van der Waals surface area (Å²) in [5.74, 6) is -0.224. The Hall–Kier alpha value is -2.55.